The Morgan fingerprint density at radius 3 is 3.15 bits per heavy atom. The molecule has 0 aliphatic carbocycles. The maximum absolute atomic E-state index is 5.23. The molecule has 0 bridgehead atoms. The number of aromatic nitrogens is 4. The predicted molar refractivity (Wildman–Crippen MR) is 76.7 cm³/mol. The zero-order chi connectivity index (χ0) is 13.9. The van der Waals surface area contributed by atoms with Crippen molar-refractivity contribution in [2.45, 2.75) is 26.2 Å². The van der Waals surface area contributed by atoms with Crippen molar-refractivity contribution in [2.75, 3.05) is 25.6 Å². The van der Waals surface area contributed by atoms with Gasteiger partial charge in [0.1, 0.15) is 6.33 Å². The number of anilines is 1. The third-order valence-corrected chi connectivity index (χ3v) is 4.45. The van der Waals surface area contributed by atoms with Gasteiger partial charge in [0.15, 0.2) is 11.0 Å². The molecule has 0 spiro atoms. The Morgan fingerprint density at radius 1 is 1.45 bits per heavy atom. The highest BCUT2D eigenvalue weighted by Crippen LogP contribution is 2.29. The first-order chi connectivity index (χ1) is 9.81. The number of hydrogen-bond donors (Lipinski definition) is 1. The maximum Gasteiger partial charge on any atom is 0.186 e. The first-order valence-electron chi connectivity index (χ1n) is 6.55. The Kier molecular flexibility index (Phi) is 3.95. The van der Waals surface area contributed by atoms with Gasteiger partial charge in [-0.15, -0.1) is 21.5 Å². The molecule has 0 atom stereocenters. The fourth-order valence-corrected chi connectivity index (χ4v) is 3.38. The van der Waals surface area contributed by atoms with Gasteiger partial charge in [0.25, 0.3) is 0 Å². The van der Waals surface area contributed by atoms with Gasteiger partial charge >= 0.3 is 0 Å². The van der Waals surface area contributed by atoms with Crippen LogP contribution in [-0.2, 0) is 31.0 Å². The molecule has 8 heteroatoms. The van der Waals surface area contributed by atoms with Gasteiger partial charge in [-0.05, 0) is 7.05 Å². The highest BCUT2D eigenvalue weighted by Gasteiger charge is 2.21. The zero-order valence-electron chi connectivity index (χ0n) is 11.7. The molecule has 108 valence electrons. The third-order valence-electron chi connectivity index (χ3n) is 3.29. The normalized spacial score (nSPS) is 14.6. The van der Waals surface area contributed by atoms with Crippen LogP contribution in [0.4, 0.5) is 5.13 Å². The van der Waals surface area contributed by atoms with Crippen molar-refractivity contribution in [2.24, 2.45) is 0 Å². The van der Waals surface area contributed by atoms with Gasteiger partial charge in [-0.3, -0.25) is 0 Å². The molecule has 1 aliphatic rings. The predicted octanol–water partition coefficient (Wildman–Crippen LogP) is 0.621. The molecule has 0 saturated carbocycles. The summed E-state index contributed by atoms with van der Waals surface area (Å²) in [4.78, 5) is 8.21. The summed E-state index contributed by atoms with van der Waals surface area (Å²) in [6.45, 7) is 3.98. The average molecular weight is 294 g/mol. The van der Waals surface area contributed by atoms with E-state index in [1.54, 1.807) is 24.8 Å². The molecule has 2 aromatic rings. The van der Waals surface area contributed by atoms with E-state index in [0.29, 0.717) is 6.61 Å². The molecule has 1 aliphatic heterocycles. The molecule has 0 radical (unpaired) electrons. The van der Waals surface area contributed by atoms with Crippen LogP contribution in [0.2, 0.25) is 0 Å². The molecule has 0 amide bonds. The Morgan fingerprint density at radius 2 is 2.35 bits per heavy atom. The molecular formula is C12H18N6OS. The number of nitrogens with one attached hydrogen (secondary N) is 1. The van der Waals surface area contributed by atoms with Gasteiger partial charge in [-0.2, -0.15) is 0 Å². The number of rotatable bonds is 5. The van der Waals surface area contributed by atoms with Crippen molar-refractivity contribution in [3.63, 3.8) is 0 Å². The second kappa shape index (κ2) is 5.86. The Hall–Kier alpha value is -1.51. The summed E-state index contributed by atoms with van der Waals surface area (Å²) in [7, 11) is 3.64. The molecule has 2 aromatic heterocycles. The van der Waals surface area contributed by atoms with Crippen molar-refractivity contribution in [1.29, 1.82) is 0 Å². The number of thiazole rings is 1. The van der Waals surface area contributed by atoms with Crippen LogP contribution in [-0.4, -0.2) is 40.5 Å². The van der Waals surface area contributed by atoms with Crippen LogP contribution in [0, 0.1) is 0 Å². The van der Waals surface area contributed by atoms with Gasteiger partial charge in [-0.25, -0.2) is 4.98 Å². The minimum atomic E-state index is 0.553. The SMILES string of the molecule is CNCc1sc(N2CCn3cnnc3C2)nc1COC. The summed E-state index contributed by atoms with van der Waals surface area (Å²) in [5.74, 6) is 0.995. The standard InChI is InChI=1S/C12H18N6OS/c1-13-5-10-9(7-19-2)15-12(20-10)17-3-4-18-8-14-16-11(18)6-17/h8,13H,3-7H2,1-2H3. The largest absolute Gasteiger partial charge is 0.378 e. The van der Waals surface area contributed by atoms with Crippen LogP contribution in [0.1, 0.15) is 16.4 Å². The summed E-state index contributed by atoms with van der Waals surface area (Å²) >= 11 is 1.72. The van der Waals surface area contributed by atoms with Crippen molar-refractivity contribution in [3.05, 3.63) is 22.7 Å². The Balaban J connectivity index is 1.82. The van der Waals surface area contributed by atoms with Gasteiger partial charge in [0, 0.05) is 31.6 Å². The van der Waals surface area contributed by atoms with Crippen molar-refractivity contribution in [1.82, 2.24) is 25.1 Å². The van der Waals surface area contributed by atoms with Gasteiger partial charge in [0.2, 0.25) is 0 Å². The minimum Gasteiger partial charge on any atom is -0.378 e. The van der Waals surface area contributed by atoms with E-state index in [0.717, 1.165) is 42.8 Å². The number of nitrogens with zero attached hydrogens (tertiary/aromatic N) is 5. The summed E-state index contributed by atoms with van der Waals surface area (Å²) in [6.07, 6.45) is 1.79. The Labute approximate surface area is 121 Å². The lowest BCUT2D eigenvalue weighted by atomic mass is 10.3. The monoisotopic (exact) mass is 294 g/mol. The van der Waals surface area contributed by atoms with E-state index in [1.165, 1.54) is 4.88 Å². The lowest BCUT2D eigenvalue weighted by molar-refractivity contribution is 0.181. The second-order valence-corrected chi connectivity index (χ2v) is 5.75. The van der Waals surface area contributed by atoms with E-state index in [9.17, 15) is 0 Å². The Bertz CT molecular complexity index is 557. The molecule has 3 heterocycles. The van der Waals surface area contributed by atoms with Crippen LogP contribution in [0.5, 0.6) is 0 Å². The molecule has 3 rings (SSSR count). The fraction of sp³-hybridized carbons (Fsp3) is 0.583. The highest BCUT2D eigenvalue weighted by molar-refractivity contribution is 7.15. The van der Waals surface area contributed by atoms with Crippen molar-refractivity contribution in [3.8, 4) is 0 Å². The van der Waals surface area contributed by atoms with Crippen LogP contribution in [0.3, 0.4) is 0 Å². The maximum atomic E-state index is 5.23. The lowest BCUT2D eigenvalue weighted by Crippen LogP contribution is -2.33. The summed E-state index contributed by atoms with van der Waals surface area (Å²) < 4.78 is 7.32. The van der Waals surface area contributed by atoms with E-state index < -0.39 is 0 Å². The molecule has 20 heavy (non-hydrogen) atoms. The number of ether oxygens (including phenoxy) is 1. The summed E-state index contributed by atoms with van der Waals surface area (Å²) in [6, 6.07) is 0. The van der Waals surface area contributed by atoms with Crippen LogP contribution >= 0.6 is 11.3 Å². The van der Waals surface area contributed by atoms with Gasteiger partial charge in [-0.1, -0.05) is 0 Å². The minimum absolute atomic E-state index is 0.553. The molecule has 7 nitrogen and oxygen atoms in total. The molecular weight excluding hydrogens is 276 g/mol. The van der Waals surface area contributed by atoms with E-state index >= 15 is 0 Å². The molecule has 0 fully saturated rings. The molecule has 1 N–H and O–H groups in total. The quantitative estimate of drug-likeness (QED) is 0.872. The summed E-state index contributed by atoms with van der Waals surface area (Å²) in [5.41, 5.74) is 1.02. The topological polar surface area (TPSA) is 68.1 Å². The fourth-order valence-electron chi connectivity index (χ4n) is 2.28. The highest BCUT2D eigenvalue weighted by atomic mass is 32.1. The number of methoxy groups -OCH3 is 1. The number of fused-ring (bicyclic) bond motifs is 1. The first kappa shape index (κ1) is 13.5. The molecule has 0 aromatic carbocycles. The van der Waals surface area contributed by atoms with E-state index in [4.69, 9.17) is 9.72 Å². The van der Waals surface area contributed by atoms with Gasteiger partial charge < -0.3 is 19.5 Å². The van der Waals surface area contributed by atoms with Crippen molar-refractivity contribution < 1.29 is 4.74 Å². The third kappa shape index (κ3) is 2.54. The second-order valence-electron chi connectivity index (χ2n) is 4.69. The molecule has 0 saturated heterocycles. The number of hydrogen-bond acceptors (Lipinski definition) is 7. The molecule has 0 unspecified atom stereocenters. The zero-order valence-corrected chi connectivity index (χ0v) is 12.5. The van der Waals surface area contributed by atoms with Crippen LogP contribution in [0.25, 0.3) is 0 Å². The van der Waals surface area contributed by atoms with E-state index in [-0.39, 0.29) is 0 Å². The summed E-state index contributed by atoms with van der Waals surface area (Å²) in [5, 5.41) is 12.3. The van der Waals surface area contributed by atoms with Crippen LogP contribution in [0.15, 0.2) is 6.33 Å². The van der Waals surface area contributed by atoms with E-state index in [1.807, 2.05) is 7.05 Å². The average Bonchev–Trinajstić information content (AvgIpc) is 3.06. The van der Waals surface area contributed by atoms with Crippen molar-refractivity contribution >= 4 is 16.5 Å². The van der Waals surface area contributed by atoms with Crippen LogP contribution < -0.4 is 10.2 Å². The van der Waals surface area contributed by atoms with E-state index in [2.05, 4.69) is 25.0 Å². The lowest BCUT2D eigenvalue weighted by Gasteiger charge is -2.26. The first-order valence-corrected chi connectivity index (χ1v) is 7.37. The van der Waals surface area contributed by atoms with Gasteiger partial charge in [0.05, 0.1) is 18.8 Å². The smallest absolute Gasteiger partial charge is 0.186 e.